The molecule has 0 aliphatic rings. The molecule has 1 aromatic carbocycles. The van der Waals surface area contributed by atoms with Crippen molar-refractivity contribution in [3.8, 4) is 0 Å². The Balaban J connectivity index is 2.65. The van der Waals surface area contributed by atoms with Crippen LogP contribution >= 0.6 is 0 Å². The largest absolute Gasteiger partial charge is 0.478 e. The first kappa shape index (κ1) is 14.9. The fraction of sp³-hybridized carbons (Fsp3) is 0.385. The third-order valence-electron chi connectivity index (χ3n) is 2.24. The molecule has 19 heavy (non-hydrogen) atoms. The molecule has 0 radical (unpaired) electrons. The third-order valence-corrected chi connectivity index (χ3v) is 2.24. The van der Waals surface area contributed by atoms with Crippen molar-refractivity contribution in [2.24, 2.45) is 5.41 Å². The summed E-state index contributed by atoms with van der Waals surface area (Å²) in [5, 5.41) is 13.8. The maximum atomic E-state index is 13.4. The first-order chi connectivity index (χ1) is 8.69. The summed E-state index contributed by atoms with van der Waals surface area (Å²) in [6, 6.07) is 2.96. The van der Waals surface area contributed by atoms with Crippen molar-refractivity contribution >= 4 is 17.7 Å². The molecule has 1 aromatic rings. The summed E-state index contributed by atoms with van der Waals surface area (Å²) in [5.74, 6) is -2.23. The molecular formula is C13H17FN2O3. The van der Waals surface area contributed by atoms with Gasteiger partial charge in [0.2, 0.25) is 0 Å². The molecule has 104 valence electrons. The maximum Gasteiger partial charge on any atom is 0.338 e. The second-order valence-electron chi connectivity index (χ2n) is 5.37. The average Bonchev–Trinajstić information content (AvgIpc) is 2.25. The van der Waals surface area contributed by atoms with Crippen LogP contribution in [0, 0.1) is 11.2 Å². The Morgan fingerprint density at radius 3 is 2.42 bits per heavy atom. The molecule has 1 rings (SSSR count). The van der Waals surface area contributed by atoms with Gasteiger partial charge in [0.1, 0.15) is 5.82 Å². The molecule has 0 spiro atoms. The smallest absolute Gasteiger partial charge is 0.338 e. The van der Waals surface area contributed by atoms with Crippen LogP contribution in [0.2, 0.25) is 0 Å². The summed E-state index contributed by atoms with van der Waals surface area (Å²) in [5.41, 5.74) is -0.287. The van der Waals surface area contributed by atoms with Gasteiger partial charge >= 0.3 is 12.0 Å². The van der Waals surface area contributed by atoms with E-state index in [1.54, 1.807) is 0 Å². The minimum absolute atomic E-state index is 0.0598. The Morgan fingerprint density at radius 1 is 1.32 bits per heavy atom. The molecule has 3 N–H and O–H groups in total. The second kappa shape index (κ2) is 5.69. The van der Waals surface area contributed by atoms with E-state index in [0.717, 1.165) is 12.1 Å². The van der Waals surface area contributed by atoms with Crippen LogP contribution in [-0.4, -0.2) is 23.7 Å². The highest BCUT2D eigenvalue weighted by Crippen LogP contribution is 2.15. The molecule has 0 fully saturated rings. The van der Waals surface area contributed by atoms with E-state index in [-0.39, 0.29) is 11.1 Å². The lowest BCUT2D eigenvalue weighted by Crippen LogP contribution is -2.35. The fourth-order valence-corrected chi connectivity index (χ4v) is 1.29. The van der Waals surface area contributed by atoms with Crippen LogP contribution in [0.5, 0.6) is 0 Å². The van der Waals surface area contributed by atoms with Gasteiger partial charge in [0.25, 0.3) is 0 Å². The van der Waals surface area contributed by atoms with Gasteiger partial charge in [0.05, 0.1) is 5.56 Å². The van der Waals surface area contributed by atoms with E-state index < -0.39 is 23.4 Å². The lowest BCUT2D eigenvalue weighted by Gasteiger charge is -2.18. The number of rotatable bonds is 3. The van der Waals surface area contributed by atoms with E-state index in [9.17, 15) is 14.0 Å². The number of anilines is 1. The Hall–Kier alpha value is -2.11. The number of aromatic carboxylic acids is 1. The topological polar surface area (TPSA) is 78.4 Å². The number of benzene rings is 1. The molecule has 0 aromatic heterocycles. The van der Waals surface area contributed by atoms with Gasteiger partial charge in [-0.3, -0.25) is 0 Å². The van der Waals surface area contributed by atoms with Crippen LogP contribution in [0.25, 0.3) is 0 Å². The molecular weight excluding hydrogens is 251 g/mol. The van der Waals surface area contributed by atoms with Crippen LogP contribution in [0.3, 0.4) is 0 Å². The molecule has 0 saturated carbocycles. The molecule has 0 aliphatic heterocycles. The van der Waals surface area contributed by atoms with Crippen molar-refractivity contribution < 1.29 is 19.1 Å². The van der Waals surface area contributed by atoms with Crippen molar-refractivity contribution in [1.29, 1.82) is 0 Å². The number of nitrogens with one attached hydrogen (secondary N) is 2. The number of carbonyl (C=O) groups excluding carboxylic acids is 1. The van der Waals surface area contributed by atoms with Gasteiger partial charge in [-0.2, -0.15) is 0 Å². The molecule has 2 amide bonds. The van der Waals surface area contributed by atoms with Crippen LogP contribution in [0.4, 0.5) is 14.9 Å². The SMILES string of the molecule is CC(C)(C)CNC(=O)Nc1ccc(C(=O)O)c(F)c1. The van der Waals surface area contributed by atoms with E-state index >= 15 is 0 Å². The lowest BCUT2D eigenvalue weighted by atomic mass is 9.97. The molecule has 0 heterocycles. The van der Waals surface area contributed by atoms with E-state index in [1.165, 1.54) is 6.07 Å². The Morgan fingerprint density at radius 2 is 1.95 bits per heavy atom. The summed E-state index contributed by atoms with van der Waals surface area (Å²) in [6.45, 7) is 6.37. The number of urea groups is 1. The molecule has 0 unspecified atom stereocenters. The molecule has 5 nitrogen and oxygen atoms in total. The predicted octanol–water partition coefficient (Wildman–Crippen LogP) is 2.69. The maximum absolute atomic E-state index is 13.4. The highest BCUT2D eigenvalue weighted by atomic mass is 19.1. The minimum atomic E-state index is -1.35. The van der Waals surface area contributed by atoms with Crippen molar-refractivity contribution in [2.75, 3.05) is 11.9 Å². The second-order valence-corrected chi connectivity index (χ2v) is 5.37. The number of amides is 2. The van der Waals surface area contributed by atoms with Gasteiger partial charge in [0, 0.05) is 12.2 Å². The summed E-state index contributed by atoms with van der Waals surface area (Å²) in [7, 11) is 0. The Kier molecular flexibility index (Phi) is 4.47. The number of carboxylic acid groups (broad SMARTS) is 1. The van der Waals surface area contributed by atoms with Gasteiger partial charge in [-0.25, -0.2) is 14.0 Å². The standard InChI is InChI=1S/C13H17FN2O3/c1-13(2,3)7-15-12(19)16-8-4-5-9(11(17)18)10(14)6-8/h4-6H,7H2,1-3H3,(H,17,18)(H2,15,16,19). The van der Waals surface area contributed by atoms with Crippen molar-refractivity contribution in [3.05, 3.63) is 29.6 Å². The van der Waals surface area contributed by atoms with Gasteiger partial charge in [-0.05, 0) is 23.6 Å². The fourth-order valence-electron chi connectivity index (χ4n) is 1.29. The summed E-state index contributed by atoms with van der Waals surface area (Å²) < 4.78 is 13.4. The van der Waals surface area contributed by atoms with Gasteiger partial charge < -0.3 is 15.7 Å². The van der Waals surface area contributed by atoms with Crippen molar-refractivity contribution in [3.63, 3.8) is 0 Å². The lowest BCUT2D eigenvalue weighted by molar-refractivity contribution is 0.0692. The quantitative estimate of drug-likeness (QED) is 0.788. The van der Waals surface area contributed by atoms with Crippen LogP contribution < -0.4 is 10.6 Å². The van der Waals surface area contributed by atoms with Gasteiger partial charge in [-0.1, -0.05) is 20.8 Å². The van der Waals surface area contributed by atoms with Gasteiger partial charge in [0.15, 0.2) is 0 Å². The number of halogens is 1. The normalized spacial score (nSPS) is 10.9. The predicted molar refractivity (Wildman–Crippen MR) is 69.8 cm³/mol. The monoisotopic (exact) mass is 268 g/mol. The summed E-state index contributed by atoms with van der Waals surface area (Å²) in [4.78, 5) is 22.2. The zero-order chi connectivity index (χ0) is 14.6. The highest BCUT2D eigenvalue weighted by Gasteiger charge is 2.13. The zero-order valence-corrected chi connectivity index (χ0v) is 11.1. The molecule has 6 heteroatoms. The Labute approximate surface area is 110 Å². The van der Waals surface area contributed by atoms with E-state index in [4.69, 9.17) is 5.11 Å². The average molecular weight is 268 g/mol. The molecule has 0 atom stereocenters. The Bertz CT molecular complexity index is 495. The van der Waals surface area contributed by atoms with E-state index in [1.807, 2.05) is 20.8 Å². The number of carboxylic acids is 1. The molecule has 0 aliphatic carbocycles. The summed E-state index contributed by atoms with van der Waals surface area (Å²) in [6.07, 6.45) is 0. The summed E-state index contributed by atoms with van der Waals surface area (Å²) >= 11 is 0. The number of hydrogen-bond acceptors (Lipinski definition) is 2. The van der Waals surface area contributed by atoms with E-state index in [0.29, 0.717) is 6.54 Å². The molecule has 0 bridgehead atoms. The van der Waals surface area contributed by atoms with Crippen LogP contribution in [-0.2, 0) is 0 Å². The number of hydrogen-bond donors (Lipinski definition) is 3. The van der Waals surface area contributed by atoms with Gasteiger partial charge in [-0.15, -0.1) is 0 Å². The van der Waals surface area contributed by atoms with E-state index in [2.05, 4.69) is 10.6 Å². The number of carbonyl (C=O) groups is 2. The van der Waals surface area contributed by atoms with Crippen LogP contribution in [0.1, 0.15) is 31.1 Å². The van der Waals surface area contributed by atoms with Crippen LogP contribution in [0.15, 0.2) is 18.2 Å². The van der Waals surface area contributed by atoms with Crippen molar-refractivity contribution in [2.45, 2.75) is 20.8 Å². The highest BCUT2D eigenvalue weighted by molar-refractivity contribution is 5.91. The molecule has 0 saturated heterocycles. The third kappa shape index (κ3) is 4.95. The van der Waals surface area contributed by atoms with Crippen molar-refractivity contribution in [1.82, 2.24) is 5.32 Å². The zero-order valence-electron chi connectivity index (χ0n) is 11.1. The first-order valence-corrected chi connectivity index (χ1v) is 5.77. The minimum Gasteiger partial charge on any atom is -0.478 e. The first-order valence-electron chi connectivity index (χ1n) is 5.77.